The van der Waals surface area contributed by atoms with E-state index in [-0.39, 0.29) is 88.7 Å². The van der Waals surface area contributed by atoms with Gasteiger partial charge in [-0.25, -0.2) is 39.6 Å². The molecule has 0 aromatic carbocycles. The predicted molar refractivity (Wildman–Crippen MR) is 217 cm³/mol. The SMILES string of the molecule is CC(C)(C)OC(=O)NC(CC(=O)NCS(=O)(=O)[O-])C(=O)NCS(=O)(=O)[O-].CC(C)(C)OC(=O)NC(CC(=O)O)C(=O)O.NC(CC(=O)NCS(=O)(=O)O)C(=O)NCS(=O)(=O)O.NCS(=O)(=O)[O-].[Na+].[Na+].[Na+]. The van der Waals surface area contributed by atoms with E-state index in [1.165, 1.54) is 20.8 Å². The second kappa shape index (κ2) is 36.7. The van der Waals surface area contributed by atoms with E-state index in [9.17, 15) is 94.1 Å². The maximum absolute atomic E-state index is 11.9. The Hall–Kier alpha value is -2.17. The summed E-state index contributed by atoms with van der Waals surface area (Å²) < 4.78 is 159. The van der Waals surface area contributed by atoms with Crippen molar-refractivity contribution in [2.24, 2.45) is 11.5 Å². The fourth-order valence-electron chi connectivity index (χ4n) is 3.02. The van der Waals surface area contributed by atoms with Gasteiger partial charge in [-0.3, -0.25) is 33.1 Å². The summed E-state index contributed by atoms with van der Waals surface area (Å²) in [6.07, 6.45) is -4.27. The number of carboxylic acids is 2. The number of ether oxygens (including phenoxy) is 2. The van der Waals surface area contributed by atoms with Gasteiger partial charge in [0, 0.05) is 0 Å². The molecule has 0 rings (SSSR count). The molecule has 0 radical (unpaired) electrons. The number of hydrogen-bond acceptors (Lipinski definition) is 25. The van der Waals surface area contributed by atoms with Crippen LogP contribution in [0.2, 0.25) is 0 Å². The number of carbonyl (C=O) groups is 8. The zero-order valence-corrected chi connectivity index (χ0v) is 48.8. The minimum atomic E-state index is -4.82. The van der Waals surface area contributed by atoms with E-state index >= 15 is 0 Å². The van der Waals surface area contributed by atoms with Crippen LogP contribution in [-0.4, -0.2) is 182 Å². The molecule has 6 amide bonds. The number of carboxylic acid groups (broad SMARTS) is 2. The Labute approximate surface area is 468 Å². The molecule has 0 saturated heterocycles. The maximum atomic E-state index is 11.9. The van der Waals surface area contributed by atoms with Crippen molar-refractivity contribution in [1.29, 1.82) is 0 Å². The van der Waals surface area contributed by atoms with E-state index in [2.05, 4.69) is 5.73 Å². The third kappa shape index (κ3) is 61.9. The van der Waals surface area contributed by atoms with Crippen LogP contribution in [0.3, 0.4) is 0 Å². The smallest absolute Gasteiger partial charge is 0.747 e. The third-order valence-corrected chi connectivity index (χ3v) is 7.88. The van der Waals surface area contributed by atoms with Gasteiger partial charge in [0.15, 0.2) is 0 Å². The Kier molecular flexibility index (Phi) is 42.9. The van der Waals surface area contributed by atoms with Gasteiger partial charge in [-0.05, 0) is 41.5 Å². The van der Waals surface area contributed by atoms with Crippen molar-refractivity contribution in [2.45, 2.75) is 90.1 Å². The van der Waals surface area contributed by atoms with Gasteiger partial charge >= 0.3 is 113 Å². The molecule has 0 saturated carbocycles. The summed E-state index contributed by atoms with van der Waals surface area (Å²) in [4.78, 5) is 89.5. The molecule has 0 aliphatic heterocycles. The van der Waals surface area contributed by atoms with Crippen molar-refractivity contribution in [3.05, 3.63) is 0 Å². The molecule has 43 heteroatoms. The first kappa shape index (κ1) is 81.9. The summed E-state index contributed by atoms with van der Waals surface area (Å²) in [5.74, 6) is -12.5. The minimum Gasteiger partial charge on any atom is -0.747 e. The quantitative estimate of drug-likeness (QED) is 0.0398. The van der Waals surface area contributed by atoms with Gasteiger partial charge in [0.2, 0.25) is 23.6 Å². The van der Waals surface area contributed by atoms with Crippen LogP contribution in [0.4, 0.5) is 9.59 Å². The molecule has 0 aliphatic carbocycles. The fraction of sp³-hybridized carbons (Fsp3) is 0.704. The molecule has 35 nitrogen and oxygen atoms in total. The van der Waals surface area contributed by atoms with Crippen molar-refractivity contribution >= 4 is 98.3 Å². The normalized spacial score (nSPS) is 12.6. The average molecular weight is 1150 g/mol. The molecule has 0 aromatic rings. The zero-order chi connectivity index (χ0) is 54.2. The monoisotopic (exact) mass is 1150 g/mol. The summed E-state index contributed by atoms with van der Waals surface area (Å²) in [6, 6.07) is -4.63. The molecule has 14 N–H and O–H groups in total. The first-order chi connectivity index (χ1) is 29.6. The summed E-state index contributed by atoms with van der Waals surface area (Å²) in [6.45, 7) is 9.37. The Morgan fingerprint density at radius 3 is 1.16 bits per heavy atom. The summed E-state index contributed by atoms with van der Waals surface area (Å²) in [5.41, 5.74) is 7.91. The van der Waals surface area contributed by atoms with Gasteiger partial charge in [0.25, 0.3) is 20.2 Å². The molecular weight excluding hydrogens is 1100 g/mol. The van der Waals surface area contributed by atoms with Gasteiger partial charge in [-0.15, -0.1) is 0 Å². The molecule has 0 heterocycles. The first-order valence-electron chi connectivity index (χ1n) is 17.3. The van der Waals surface area contributed by atoms with Crippen LogP contribution in [0.1, 0.15) is 60.8 Å². The molecule has 70 heavy (non-hydrogen) atoms. The van der Waals surface area contributed by atoms with E-state index in [0.29, 0.717) is 0 Å². The first-order valence-corrected chi connectivity index (χ1v) is 25.2. The number of aliphatic carboxylic acids is 2. The standard InChI is InChI=1S/C11H21N3O10S2.C9H15NO6.C6H13N3O8S2.CH5NO3S.3Na/c1-11(2,3)24-10(17)14-7(9(16)13-6-26(21,22)23)4-8(15)12-5-25(18,19)20;1-9(2,3)16-8(15)10-5(7(13)14)4-6(11)12;7-4(6(11)9-3-19(15,16)17)1-5(10)8-2-18(12,13)14;2-1-6(3,4)5;;;/h7H,4-6H2,1-3H3,(H,12,15)(H,13,16)(H,14,17)(H,18,19,20)(H,21,22,23);5H,4H2,1-3H3,(H,10,15)(H,11,12)(H,13,14);4H,1-3,7H2,(H,8,10)(H,9,11)(H,12,13,14)(H,15,16,17);1-2H2,(H,3,4,5);;;/q;;;;3*+1/p-3. The second-order valence-corrected chi connectivity index (χ2v) is 21.4. The van der Waals surface area contributed by atoms with Crippen molar-refractivity contribution in [1.82, 2.24) is 31.9 Å². The molecule has 0 bridgehead atoms. The largest absolute Gasteiger partial charge is 1.00 e. The zero-order valence-electron chi connectivity index (χ0n) is 38.8. The Bertz CT molecular complexity index is 2290. The summed E-state index contributed by atoms with van der Waals surface area (Å²) in [5, 5.41) is 27.9. The van der Waals surface area contributed by atoms with Gasteiger partial charge in [-0.2, -0.15) is 16.8 Å². The Morgan fingerprint density at radius 2 is 0.843 bits per heavy atom. The fourth-order valence-corrected chi connectivity index (χ4v) is 4.35. The average Bonchev–Trinajstić information content (AvgIpc) is 3.08. The van der Waals surface area contributed by atoms with Crippen molar-refractivity contribution in [2.75, 3.05) is 29.4 Å². The van der Waals surface area contributed by atoms with Crippen molar-refractivity contribution in [3.63, 3.8) is 0 Å². The van der Waals surface area contributed by atoms with E-state index in [4.69, 9.17) is 34.5 Å². The number of nitrogens with one attached hydrogen (secondary N) is 6. The molecule has 0 aliphatic rings. The number of carbonyl (C=O) groups excluding carboxylic acids is 6. The molecule has 0 spiro atoms. The van der Waals surface area contributed by atoms with Crippen LogP contribution in [0.15, 0.2) is 0 Å². The second-order valence-electron chi connectivity index (χ2n) is 14.2. The van der Waals surface area contributed by atoms with Crippen LogP contribution in [-0.2, 0) is 88.8 Å². The number of hydrogen-bond donors (Lipinski definition) is 12. The number of amides is 6. The summed E-state index contributed by atoms with van der Waals surface area (Å²) >= 11 is 0. The number of rotatable bonds is 20. The Morgan fingerprint density at radius 1 is 0.529 bits per heavy atom. The van der Waals surface area contributed by atoms with Crippen molar-refractivity contribution in [3.8, 4) is 0 Å². The number of nitrogens with two attached hydrogens (primary N) is 2. The van der Waals surface area contributed by atoms with Gasteiger partial charge in [0.05, 0.1) is 31.2 Å². The summed E-state index contributed by atoms with van der Waals surface area (Å²) in [7, 11) is -22.5. The van der Waals surface area contributed by atoms with Gasteiger partial charge < -0.3 is 76.7 Å². The van der Waals surface area contributed by atoms with Crippen LogP contribution in [0.5, 0.6) is 0 Å². The van der Waals surface area contributed by atoms with E-state index in [0.717, 1.165) is 0 Å². The van der Waals surface area contributed by atoms with E-state index in [1.807, 2.05) is 10.6 Å². The minimum absolute atomic E-state index is 0. The molecule has 0 aromatic heterocycles. The van der Waals surface area contributed by atoms with E-state index < -0.39 is 176 Å². The molecule has 3 atom stereocenters. The third-order valence-electron chi connectivity index (χ3n) is 5.46. The van der Waals surface area contributed by atoms with Crippen LogP contribution in [0.25, 0.3) is 0 Å². The van der Waals surface area contributed by atoms with Crippen LogP contribution in [0, 0.1) is 0 Å². The van der Waals surface area contributed by atoms with Gasteiger partial charge in [0.1, 0.15) is 77.1 Å². The molecule has 0 fully saturated rings. The van der Waals surface area contributed by atoms with Crippen LogP contribution >= 0.6 is 0 Å². The maximum Gasteiger partial charge on any atom is 1.00 e. The van der Waals surface area contributed by atoms with E-state index in [1.54, 1.807) is 42.0 Å². The molecule has 394 valence electrons. The molecular formula is C27H51N8Na3O27S5. The Balaban J connectivity index is -0.000000161. The topological polar surface area (TPSA) is 600 Å². The van der Waals surface area contributed by atoms with Crippen molar-refractivity contribution < 1.29 is 212 Å². The van der Waals surface area contributed by atoms with Crippen LogP contribution < -0.4 is 132 Å². The number of alkyl carbamates (subject to hydrolysis) is 2. The van der Waals surface area contributed by atoms with Gasteiger partial charge in [-0.1, -0.05) is 0 Å². The predicted octanol–water partition coefficient (Wildman–Crippen LogP) is -16.0. The molecule has 3 unspecified atom stereocenters.